The van der Waals surface area contributed by atoms with Crippen molar-refractivity contribution in [1.29, 1.82) is 0 Å². The summed E-state index contributed by atoms with van der Waals surface area (Å²) in [6, 6.07) is 10.6. The molecule has 0 spiro atoms. The SMILES string of the molecule is O=C(NC1CCCCNC1=O)c1csc(CN(Cc2cccc(C(F)(F)F)c2)Cc2ccccc2F)n1. The van der Waals surface area contributed by atoms with Gasteiger partial charge in [-0.25, -0.2) is 9.37 Å². The van der Waals surface area contributed by atoms with Gasteiger partial charge in [-0.15, -0.1) is 11.3 Å². The summed E-state index contributed by atoms with van der Waals surface area (Å²) in [6.45, 7) is 1.01. The lowest BCUT2D eigenvalue weighted by atomic mass is 10.1. The average molecular weight is 535 g/mol. The van der Waals surface area contributed by atoms with Crippen LogP contribution in [0, 0.1) is 5.82 Å². The van der Waals surface area contributed by atoms with Gasteiger partial charge in [0.1, 0.15) is 22.6 Å². The van der Waals surface area contributed by atoms with Gasteiger partial charge in [-0.05, 0) is 37.0 Å². The van der Waals surface area contributed by atoms with Gasteiger partial charge >= 0.3 is 6.18 Å². The van der Waals surface area contributed by atoms with Gasteiger partial charge in [0.2, 0.25) is 5.91 Å². The molecule has 4 rings (SSSR count). The van der Waals surface area contributed by atoms with Crippen LogP contribution in [0.5, 0.6) is 0 Å². The molecule has 0 aliphatic carbocycles. The summed E-state index contributed by atoms with van der Waals surface area (Å²) in [5, 5.41) is 7.60. The van der Waals surface area contributed by atoms with Crippen molar-refractivity contribution in [1.82, 2.24) is 20.5 Å². The smallest absolute Gasteiger partial charge is 0.354 e. The fraction of sp³-hybridized carbons (Fsp3) is 0.346. The summed E-state index contributed by atoms with van der Waals surface area (Å²) in [4.78, 5) is 31.0. The normalized spacial score (nSPS) is 16.4. The molecule has 2 N–H and O–H groups in total. The van der Waals surface area contributed by atoms with Crippen LogP contribution in [-0.4, -0.2) is 34.3 Å². The highest BCUT2D eigenvalue weighted by molar-refractivity contribution is 7.09. The molecule has 2 aromatic carbocycles. The van der Waals surface area contributed by atoms with Crippen LogP contribution < -0.4 is 10.6 Å². The lowest BCUT2D eigenvalue weighted by Crippen LogP contribution is -2.45. The van der Waals surface area contributed by atoms with E-state index in [4.69, 9.17) is 0 Å². The Morgan fingerprint density at radius 1 is 1.11 bits per heavy atom. The predicted octanol–water partition coefficient (Wildman–Crippen LogP) is 4.90. The molecule has 2 amide bonds. The monoisotopic (exact) mass is 534 g/mol. The highest BCUT2D eigenvalue weighted by atomic mass is 32.1. The molecule has 1 fully saturated rings. The second-order valence-corrected chi connectivity index (χ2v) is 9.82. The third kappa shape index (κ3) is 7.36. The van der Waals surface area contributed by atoms with E-state index < -0.39 is 29.5 Å². The van der Waals surface area contributed by atoms with Crippen LogP contribution in [0.15, 0.2) is 53.9 Å². The molecule has 3 aromatic rings. The molecule has 1 unspecified atom stereocenters. The van der Waals surface area contributed by atoms with E-state index in [2.05, 4.69) is 15.6 Å². The number of thiazole rings is 1. The molecule has 37 heavy (non-hydrogen) atoms. The quantitative estimate of drug-likeness (QED) is 0.403. The Hall–Kier alpha value is -3.31. The lowest BCUT2D eigenvalue weighted by molar-refractivity contribution is -0.137. The maximum atomic E-state index is 14.4. The Balaban J connectivity index is 1.50. The molecule has 1 atom stereocenters. The summed E-state index contributed by atoms with van der Waals surface area (Å²) in [7, 11) is 0. The van der Waals surface area contributed by atoms with E-state index in [1.54, 1.807) is 34.5 Å². The zero-order valence-electron chi connectivity index (χ0n) is 19.9. The molecule has 0 radical (unpaired) electrons. The van der Waals surface area contributed by atoms with Gasteiger partial charge in [0, 0.05) is 30.6 Å². The van der Waals surface area contributed by atoms with Crippen molar-refractivity contribution in [3.8, 4) is 0 Å². The first-order valence-electron chi connectivity index (χ1n) is 11.8. The molecule has 0 bridgehead atoms. The molecule has 6 nitrogen and oxygen atoms in total. The number of benzene rings is 2. The number of amides is 2. The van der Waals surface area contributed by atoms with Crippen molar-refractivity contribution in [3.05, 3.63) is 87.1 Å². The minimum Gasteiger partial charge on any atom is -0.354 e. The third-order valence-corrected chi connectivity index (χ3v) is 6.83. The number of nitrogens with zero attached hydrogens (tertiary/aromatic N) is 2. The molecule has 1 aliphatic heterocycles. The molecule has 196 valence electrons. The fourth-order valence-electron chi connectivity index (χ4n) is 4.13. The van der Waals surface area contributed by atoms with Gasteiger partial charge in [0.15, 0.2) is 0 Å². The van der Waals surface area contributed by atoms with Gasteiger partial charge in [-0.2, -0.15) is 13.2 Å². The van der Waals surface area contributed by atoms with Gasteiger partial charge in [0.25, 0.3) is 5.91 Å². The maximum absolute atomic E-state index is 14.4. The Morgan fingerprint density at radius 3 is 2.70 bits per heavy atom. The Bertz CT molecular complexity index is 1250. The van der Waals surface area contributed by atoms with Crippen LogP contribution in [0.1, 0.15) is 51.4 Å². The van der Waals surface area contributed by atoms with Crippen molar-refractivity contribution in [2.24, 2.45) is 0 Å². The molecular formula is C26H26F4N4O2S. The van der Waals surface area contributed by atoms with Crippen molar-refractivity contribution in [2.75, 3.05) is 6.54 Å². The number of carbonyl (C=O) groups is 2. The van der Waals surface area contributed by atoms with E-state index in [1.165, 1.54) is 23.5 Å². The van der Waals surface area contributed by atoms with E-state index in [1.807, 2.05) is 0 Å². The number of alkyl halides is 3. The van der Waals surface area contributed by atoms with E-state index in [-0.39, 0.29) is 31.2 Å². The molecular weight excluding hydrogens is 508 g/mol. The number of carbonyl (C=O) groups excluding carboxylic acids is 2. The topological polar surface area (TPSA) is 74.3 Å². The fourth-order valence-corrected chi connectivity index (χ4v) is 4.94. The maximum Gasteiger partial charge on any atom is 0.416 e. The van der Waals surface area contributed by atoms with Crippen LogP contribution in [-0.2, 0) is 30.6 Å². The molecule has 1 aromatic heterocycles. The predicted molar refractivity (Wildman–Crippen MR) is 131 cm³/mol. The number of halogens is 4. The highest BCUT2D eigenvalue weighted by Crippen LogP contribution is 2.30. The largest absolute Gasteiger partial charge is 0.416 e. The zero-order valence-corrected chi connectivity index (χ0v) is 20.7. The number of hydrogen-bond donors (Lipinski definition) is 2. The van der Waals surface area contributed by atoms with Crippen LogP contribution in [0.3, 0.4) is 0 Å². The standard InChI is InChI=1S/C26H26F4N4O2S/c27-20-9-2-1-7-18(20)14-34(13-17-6-5-8-19(12-17)26(28,29)30)15-23-32-22(16-37-23)25(36)33-21-10-3-4-11-31-24(21)35/h1-2,5-9,12,16,21H,3-4,10-11,13-15H2,(H,31,35)(H,33,36). The van der Waals surface area contributed by atoms with Gasteiger partial charge < -0.3 is 10.6 Å². The van der Waals surface area contributed by atoms with Gasteiger partial charge in [-0.1, -0.05) is 36.4 Å². The third-order valence-electron chi connectivity index (χ3n) is 6.00. The van der Waals surface area contributed by atoms with Gasteiger partial charge in [0.05, 0.1) is 12.1 Å². The summed E-state index contributed by atoms with van der Waals surface area (Å²) in [6.07, 6.45) is -2.27. The number of hydrogen-bond acceptors (Lipinski definition) is 5. The summed E-state index contributed by atoms with van der Waals surface area (Å²) >= 11 is 1.22. The molecule has 11 heteroatoms. The van der Waals surface area contributed by atoms with E-state index in [0.717, 1.165) is 25.0 Å². The summed E-state index contributed by atoms with van der Waals surface area (Å²) < 4.78 is 54.0. The first-order chi connectivity index (χ1) is 17.7. The molecule has 2 heterocycles. The molecule has 0 saturated carbocycles. The van der Waals surface area contributed by atoms with Crippen LogP contribution in [0.25, 0.3) is 0 Å². The first-order valence-corrected chi connectivity index (χ1v) is 12.7. The molecule has 1 aliphatic rings. The minimum atomic E-state index is -4.47. The van der Waals surface area contributed by atoms with Crippen molar-refractivity contribution >= 4 is 23.2 Å². The van der Waals surface area contributed by atoms with Crippen LogP contribution >= 0.6 is 11.3 Å². The minimum absolute atomic E-state index is 0.113. The van der Waals surface area contributed by atoms with Gasteiger partial charge in [-0.3, -0.25) is 14.5 Å². The molecule has 1 saturated heterocycles. The van der Waals surface area contributed by atoms with E-state index >= 15 is 0 Å². The summed E-state index contributed by atoms with van der Waals surface area (Å²) in [5.74, 6) is -1.11. The van der Waals surface area contributed by atoms with E-state index in [0.29, 0.717) is 29.1 Å². The Morgan fingerprint density at radius 2 is 1.92 bits per heavy atom. The number of nitrogens with one attached hydrogen (secondary N) is 2. The second-order valence-electron chi connectivity index (χ2n) is 8.87. The zero-order chi connectivity index (χ0) is 26.4. The van der Waals surface area contributed by atoms with Crippen LogP contribution in [0.2, 0.25) is 0 Å². The number of rotatable bonds is 8. The Kier molecular flexibility index (Phi) is 8.55. The highest BCUT2D eigenvalue weighted by Gasteiger charge is 2.30. The lowest BCUT2D eigenvalue weighted by Gasteiger charge is -2.22. The van der Waals surface area contributed by atoms with Crippen molar-refractivity contribution in [2.45, 2.75) is 51.1 Å². The van der Waals surface area contributed by atoms with E-state index in [9.17, 15) is 27.2 Å². The first kappa shape index (κ1) is 26.7. The Labute approximate surface area is 215 Å². The summed E-state index contributed by atoms with van der Waals surface area (Å²) in [5.41, 5.74) is 0.206. The average Bonchev–Trinajstić information content (AvgIpc) is 3.23. The van der Waals surface area contributed by atoms with Crippen molar-refractivity contribution in [3.63, 3.8) is 0 Å². The van der Waals surface area contributed by atoms with Crippen molar-refractivity contribution < 1.29 is 27.2 Å². The second kappa shape index (κ2) is 11.8. The number of aromatic nitrogens is 1. The van der Waals surface area contributed by atoms with Crippen LogP contribution in [0.4, 0.5) is 17.6 Å².